The molecule has 68 heavy (non-hydrogen) atoms. The Hall–Kier alpha value is -2.40. The maximum Gasteiger partial charge on any atom is 0.306 e. The van der Waals surface area contributed by atoms with Gasteiger partial charge in [0.25, 0.3) is 0 Å². The lowest BCUT2D eigenvalue weighted by Crippen LogP contribution is -2.30. The van der Waals surface area contributed by atoms with E-state index < -0.39 is 6.10 Å². The second-order valence-corrected chi connectivity index (χ2v) is 19.9. The van der Waals surface area contributed by atoms with Crippen molar-refractivity contribution in [1.82, 2.24) is 0 Å². The van der Waals surface area contributed by atoms with Crippen molar-refractivity contribution in [1.29, 1.82) is 0 Å². The van der Waals surface area contributed by atoms with E-state index in [4.69, 9.17) is 14.2 Å². The van der Waals surface area contributed by atoms with Crippen molar-refractivity contribution < 1.29 is 23.8 Å². The lowest BCUT2D eigenvalue weighted by molar-refractivity contribution is -0.163. The number of rotatable bonds is 55. The van der Waals surface area contributed by atoms with Crippen LogP contribution < -0.4 is 0 Å². The van der Waals surface area contributed by atoms with Gasteiger partial charge in [0, 0.05) is 19.4 Å². The van der Waals surface area contributed by atoms with Crippen LogP contribution in [0.4, 0.5) is 0 Å². The van der Waals surface area contributed by atoms with Gasteiger partial charge in [-0.15, -0.1) is 0 Å². The number of esters is 2. The molecule has 0 saturated carbocycles. The largest absolute Gasteiger partial charge is 0.462 e. The van der Waals surface area contributed by atoms with E-state index in [2.05, 4.69) is 81.5 Å². The van der Waals surface area contributed by atoms with Gasteiger partial charge < -0.3 is 14.2 Å². The summed E-state index contributed by atoms with van der Waals surface area (Å²) in [6.07, 6.45) is 75.4. The third-order valence-corrected chi connectivity index (χ3v) is 13.0. The third kappa shape index (κ3) is 56.2. The van der Waals surface area contributed by atoms with Crippen LogP contribution in [0.15, 0.2) is 60.8 Å². The summed E-state index contributed by atoms with van der Waals surface area (Å²) in [5.74, 6) is -0.433. The molecule has 0 aliphatic heterocycles. The monoisotopic (exact) mass is 951 g/mol. The van der Waals surface area contributed by atoms with Crippen molar-refractivity contribution in [2.45, 2.75) is 309 Å². The molecule has 0 amide bonds. The van der Waals surface area contributed by atoms with Gasteiger partial charge in [-0.05, 0) is 83.5 Å². The highest BCUT2D eigenvalue weighted by Crippen LogP contribution is 2.16. The number of hydrogen-bond donors (Lipinski definition) is 0. The molecular weight excluding hydrogens is 837 g/mol. The predicted octanol–water partition coefficient (Wildman–Crippen LogP) is 20.5. The number of hydrogen-bond acceptors (Lipinski definition) is 5. The number of ether oxygens (including phenoxy) is 3. The second kappa shape index (κ2) is 58.9. The zero-order valence-corrected chi connectivity index (χ0v) is 45.6. The van der Waals surface area contributed by atoms with Gasteiger partial charge in [-0.2, -0.15) is 0 Å². The van der Waals surface area contributed by atoms with E-state index in [1.807, 2.05) is 0 Å². The summed E-state index contributed by atoms with van der Waals surface area (Å²) >= 11 is 0. The van der Waals surface area contributed by atoms with Gasteiger partial charge in [-0.3, -0.25) is 9.59 Å². The molecule has 0 aliphatic rings. The fourth-order valence-corrected chi connectivity index (χ4v) is 8.62. The summed E-state index contributed by atoms with van der Waals surface area (Å²) in [6.45, 7) is 7.72. The molecule has 0 spiro atoms. The maximum absolute atomic E-state index is 12.8. The molecule has 0 rings (SSSR count). The van der Waals surface area contributed by atoms with Gasteiger partial charge in [0.2, 0.25) is 0 Å². The first-order valence-electron chi connectivity index (χ1n) is 29.8. The molecule has 0 N–H and O–H groups in total. The van der Waals surface area contributed by atoms with E-state index in [0.29, 0.717) is 19.4 Å². The van der Waals surface area contributed by atoms with E-state index in [0.717, 1.165) is 70.6 Å². The minimum absolute atomic E-state index is 0.0700. The normalized spacial score (nSPS) is 12.6. The molecular formula is C63H114O5. The summed E-state index contributed by atoms with van der Waals surface area (Å²) in [5, 5.41) is 0. The Morgan fingerprint density at radius 2 is 0.662 bits per heavy atom. The van der Waals surface area contributed by atoms with Gasteiger partial charge >= 0.3 is 11.9 Å². The molecule has 0 aliphatic carbocycles. The molecule has 0 aromatic heterocycles. The van der Waals surface area contributed by atoms with Crippen LogP contribution in [0.5, 0.6) is 0 Å². The lowest BCUT2D eigenvalue weighted by atomic mass is 10.0. The van der Waals surface area contributed by atoms with E-state index in [1.54, 1.807) is 0 Å². The molecule has 0 saturated heterocycles. The van der Waals surface area contributed by atoms with Crippen LogP contribution in [0.1, 0.15) is 303 Å². The van der Waals surface area contributed by atoms with Crippen LogP contribution in [0, 0.1) is 0 Å². The first kappa shape index (κ1) is 65.6. The zero-order valence-electron chi connectivity index (χ0n) is 45.6. The van der Waals surface area contributed by atoms with E-state index in [9.17, 15) is 9.59 Å². The summed E-state index contributed by atoms with van der Waals surface area (Å²) in [4.78, 5) is 25.5. The summed E-state index contributed by atoms with van der Waals surface area (Å²) in [5.41, 5.74) is 0. The van der Waals surface area contributed by atoms with Gasteiger partial charge in [0.1, 0.15) is 6.61 Å². The SMILES string of the molecule is CC/C=C\C/C=C\C/C=C\C/C=C\CCCCC(=O)OC(COCCCCCCCCCCCCCCCCCCCC)COC(=O)CCCCCCCCCCC/C=C\CCCCCCCC. The Bertz CT molecular complexity index is 1170. The molecule has 0 bridgehead atoms. The van der Waals surface area contributed by atoms with Gasteiger partial charge in [0.05, 0.1) is 6.61 Å². The van der Waals surface area contributed by atoms with Gasteiger partial charge in [-0.1, -0.05) is 268 Å². The predicted molar refractivity (Wildman–Crippen MR) is 298 cm³/mol. The Morgan fingerprint density at radius 3 is 1.10 bits per heavy atom. The second-order valence-electron chi connectivity index (χ2n) is 19.9. The highest BCUT2D eigenvalue weighted by molar-refractivity contribution is 5.70. The fraction of sp³-hybridized carbons (Fsp3) is 0.810. The topological polar surface area (TPSA) is 61.8 Å². The van der Waals surface area contributed by atoms with Crippen LogP contribution in [-0.2, 0) is 23.8 Å². The average Bonchev–Trinajstić information content (AvgIpc) is 3.34. The number of carbonyl (C=O) groups is 2. The highest BCUT2D eigenvalue weighted by atomic mass is 16.6. The van der Waals surface area contributed by atoms with E-state index >= 15 is 0 Å². The number of carbonyl (C=O) groups excluding carboxylic acids is 2. The summed E-state index contributed by atoms with van der Waals surface area (Å²) < 4.78 is 17.5. The summed E-state index contributed by atoms with van der Waals surface area (Å²) in [6, 6.07) is 0. The first-order chi connectivity index (χ1) is 33.6. The Labute approximate surface area is 424 Å². The molecule has 396 valence electrons. The first-order valence-corrected chi connectivity index (χ1v) is 29.8. The molecule has 0 aromatic rings. The van der Waals surface area contributed by atoms with Gasteiger partial charge in [-0.25, -0.2) is 0 Å². The van der Waals surface area contributed by atoms with Crippen LogP contribution in [0.25, 0.3) is 0 Å². The smallest absolute Gasteiger partial charge is 0.306 e. The Morgan fingerprint density at radius 1 is 0.338 bits per heavy atom. The van der Waals surface area contributed by atoms with Crippen molar-refractivity contribution in [2.24, 2.45) is 0 Å². The zero-order chi connectivity index (χ0) is 49.2. The molecule has 1 unspecified atom stereocenters. The van der Waals surface area contributed by atoms with Crippen LogP contribution in [0.2, 0.25) is 0 Å². The fourth-order valence-electron chi connectivity index (χ4n) is 8.62. The third-order valence-electron chi connectivity index (χ3n) is 13.0. The van der Waals surface area contributed by atoms with E-state index in [-0.39, 0.29) is 25.2 Å². The molecule has 1 atom stereocenters. The number of allylic oxidation sites excluding steroid dienone is 10. The Kier molecular flexibility index (Phi) is 56.8. The van der Waals surface area contributed by atoms with Crippen molar-refractivity contribution in [3.63, 3.8) is 0 Å². The average molecular weight is 952 g/mol. The lowest BCUT2D eigenvalue weighted by Gasteiger charge is -2.18. The highest BCUT2D eigenvalue weighted by Gasteiger charge is 2.17. The molecule has 5 heteroatoms. The van der Waals surface area contributed by atoms with Crippen molar-refractivity contribution >= 4 is 11.9 Å². The van der Waals surface area contributed by atoms with E-state index in [1.165, 1.54) is 199 Å². The van der Waals surface area contributed by atoms with Crippen LogP contribution >= 0.6 is 0 Å². The van der Waals surface area contributed by atoms with Crippen molar-refractivity contribution in [3.05, 3.63) is 60.8 Å². The molecule has 0 heterocycles. The summed E-state index contributed by atoms with van der Waals surface area (Å²) in [7, 11) is 0. The standard InChI is InChI=1S/C63H114O5/c1-4-7-10-13-16-19-22-25-28-30-32-33-36-38-41-44-47-50-53-56-62(64)67-60-61(68-63(65)57-54-51-48-45-42-39-35-27-24-21-18-15-12-9-6-3)59-66-58-55-52-49-46-43-40-37-34-31-29-26-23-20-17-14-11-8-5-2/h9,12,18,21,25,27-28,35,42,45,61H,4-8,10-11,13-17,19-20,22-24,26,29-34,36-41,43-44,46-60H2,1-3H3/b12-9-,21-18-,28-25-,35-27-,45-42-. The van der Waals surface area contributed by atoms with Crippen LogP contribution in [0.3, 0.4) is 0 Å². The minimum atomic E-state index is -0.558. The van der Waals surface area contributed by atoms with Crippen LogP contribution in [-0.4, -0.2) is 37.9 Å². The quantitative estimate of drug-likeness (QED) is 0.0345. The van der Waals surface area contributed by atoms with Crippen molar-refractivity contribution in [2.75, 3.05) is 19.8 Å². The van der Waals surface area contributed by atoms with Crippen molar-refractivity contribution in [3.8, 4) is 0 Å². The molecule has 5 nitrogen and oxygen atoms in total. The maximum atomic E-state index is 12.8. The molecule has 0 fully saturated rings. The molecule has 0 aromatic carbocycles. The molecule has 0 radical (unpaired) electrons. The number of unbranched alkanes of at least 4 members (excludes halogenated alkanes) is 34. The Balaban J connectivity index is 4.28. The van der Waals surface area contributed by atoms with Gasteiger partial charge in [0.15, 0.2) is 6.10 Å². The minimum Gasteiger partial charge on any atom is -0.462 e.